The Labute approximate surface area is 120 Å². The average Bonchev–Trinajstić information content (AvgIpc) is 2.42. The van der Waals surface area contributed by atoms with E-state index in [4.69, 9.17) is 0 Å². The Morgan fingerprint density at radius 3 is 2.63 bits per heavy atom. The van der Waals surface area contributed by atoms with Crippen LogP contribution in [0.15, 0.2) is 29.2 Å². The van der Waals surface area contributed by atoms with Gasteiger partial charge in [-0.3, -0.25) is 0 Å². The SMILES string of the molecule is CCNCc1ccccc1S(=O)(=O)N(C)CCSC. The molecule has 0 bridgehead atoms. The number of hydrogen-bond donors (Lipinski definition) is 1. The number of sulfonamides is 1. The third kappa shape index (κ3) is 4.49. The standard InChI is InChI=1S/C13H22N2O2S2/c1-4-14-11-12-7-5-6-8-13(12)19(16,17)15(2)9-10-18-3/h5-8,14H,4,9-11H2,1-3H3. The molecular formula is C13H22N2O2S2. The average molecular weight is 302 g/mol. The molecule has 4 nitrogen and oxygen atoms in total. The Hall–Kier alpha value is -0.560. The third-order valence-corrected chi connectivity index (χ3v) is 5.38. The highest BCUT2D eigenvalue weighted by Gasteiger charge is 2.22. The lowest BCUT2D eigenvalue weighted by atomic mass is 10.2. The number of hydrogen-bond acceptors (Lipinski definition) is 4. The first kappa shape index (κ1) is 16.5. The van der Waals surface area contributed by atoms with Crippen molar-refractivity contribution < 1.29 is 8.42 Å². The molecule has 0 saturated heterocycles. The molecule has 108 valence electrons. The van der Waals surface area contributed by atoms with Gasteiger partial charge in [-0.1, -0.05) is 25.1 Å². The monoisotopic (exact) mass is 302 g/mol. The minimum Gasteiger partial charge on any atom is -0.313 e. The largest absolute Gasteiger partial charge is 0.313 e. The van der Waals surface area contributed by atoms with E-state index in [1.54, 1.807) is 30.9 Å². The van der Waals surface area contributed by atoms with Crippen LogP contribution < -0.4 is 5.32 Å². The van der Waals surface area contributed by atoms with Gasteiger partial charge in [0.2, 0.25) is 10.0 Å². The van der Waals surface area contributed by atoms with Gasteiger partial charge in [0.15, 0.2) is 0 Å². The summed E-state index contributed by atoms with van der Waals surface area (Å²) in [6, 6.07) is 7.17. The summed E-state index contributed by atoms with van der Waals surface area (Å²) in [5.41, 5.74) is 0.820. The van der Waals surface area contributed by atoms with Gasteiger partial charge in [0.05, 0.1) is 4.90 Å². The summed E-state index contributed by atoms with van der Waals surface area (Å²) in [7, 11) is -1.76. The van der Waals surface area contributed by atoms with Crippen molar-refractivity contribution in [1.82, 2.24) is 9.62 Å². The Morgan fingerprint density at radius 2 is 2.00 bits per heavy atom. The highest BCUT2D eigenvalue weighted by molar-refractivity contribution is 7.98. The van der Waals surface area contributed by atoms with Gasteiger partial charge in [-0.2, -0.15) is 11.8 Å². The molecule has 1 aromatic rings. The smallest absolute Gasteiger partial charge is 0.243 e. The maximum atomic E-state index is 12.5. The van der Waals surface area contributed by atoms with Crippen molar-refractivity contribution in [3.8, 4) is 0 Å². The number of nitrogens with one attached hydrogen (secondary N) is 1. The maximum Gasteiger partial charge on any atom is 0.243 e. The first-order chi connectivity index (χ1) is 9.04. The van der Waals surface area contributed by atoms with E-state index in [9.17, 15) is 8.42 Å². The third-order valence-electron chi connectivity index (χ3n) is 2.84. The molecule has 0 heterocycles. The molecule has 6 heteroatoms. The van der Waals surface area contributed by atoms with Gasteiger partial charge >= 0.3 is 0 Å². The predicted molar refractivity (Wildman–Crippen MR) is 82.0 cm³/mol. The van der Waals surface area contributed by atoms with E-state index in [1.165, 1.54) is 4.31 Å². The lowest BCUT2D eigenvalue weighted by molar-refractivity contribution is 0.487. The summed E-state index contributed by atoms with van der Waals surface area (Å²) in [6.45, 7) is 3.92. The van der Waals surface area contributed by atoms with Crippen LogP contribution in [-0.2, 0) is 16.6 Å². The molecule has 0 atom stereocenters. The molecule has 1 aromatic carbocycles. The molecule has 0 amide bonds. The van der Waals surface area contributed by atoms with Crippen LogP contribution in [-0.4, -0.2) is 44.9 Å². The Kier molecular flexibility index (Phi) is 6.85. The summed E-state index contributed by atoms with van der Waals surface area (Å²) in [6.07, 6.45) is 1.97. The van der Waals surface area contributed by atoms with Crippen molar-refractivity contribution in [2.75, 3.05) is 32.1 Å². The van der Waals surface area contributed by atoms with Crippen LogP contribution in [0.3, 0.4) is 0 Å². The normalized spacial score (nSPS) is 12.0. The van der Waals surface area contributed by atoms with Crippen LogP contribution in [0.4, 0.5) is 0 Å². The first-order valence-corrected chi connectivity index (χ1v) is 9.11. The van der Waals surface area contributed by atoms with Crippen molar-refractivity contribution >= 4 is 21.8 Å². The van der Waals surface area contributed by atoms with E-state index >= 15 is 0 Å². The van der Waals surface area contributed by atoms with Gasteiger partial charge in [-0.05, 0) is 24.4 Å². The predicted octanol–water partition coefficient (Wildman–Crippen LogP) is 1.78. The van der Waals surface area contributed by atoms with E-state index in [0.29, 0.717) is 18.0 Å². The molecule has 0 spiro atoms. The zero-order chi connectivity index (χ0) is 14.3. The van der Waals surface area contributed by atoms with Crippen molar-refractivity contribution in [2.24, 2.45) is 0 Å². The van der Waals surface area contributed by atoms with Crippen LogP contribution in [0.2, 0.25) is 0 Å². The second kappa shape index (κ2) is 7.89. The molecule has 0 unspecified atom stereocenters. The molecule has 0 aliphatic rings. The highest BCUT2D eigenvalue weighted by Crippen LogP contribution is 2.19. The van der Waals surface area contributed by atoms with E-state index in [1.807, 2.05) is 25.3 Å². The Morgan fingerprint density at radius 1 is 1.32 bits per heavy atom. The molecular weight excluding hydrogens is 280 g/mol. The zero-order valence-electron chi connectivity index (χ0n) is 11.7. The fourth-order valence-corrected chi connectivity index (χ4v) is 3.63. The zero-order valence-corrected chi connectivity index (χ0v) is 13.4. The van der Waals surface area contributed by atoms with Crippen LogP contribution in [0.25, 0.3) is 0 Å². The van der Waals surface area contributed by atoms with Crippen LogP contribution in [0.5, 0.6) is 0 Å². The number of rotatable bonds is 8. The van der Waals surface area contributed by atoms with Crippen LogP contribution >= 0.6 is 11.8 Å². The quantitative estimate of drug-likeness (QED) is 0.795. The minimum absolute atomic E-state index is 0.402. The molecule has 0 aliphatic carbocycles. The molecule has 0 aromatic heterocycles. The number of benzene rings is 1. The van der Waals surface area contributed by atoms with Crippen molar-refractivity contribution in [2.45, 2.75) is 18.4 Å². The fraction of sp³-hybridized carbons (Fsp3) is 0.538. The molecule has 1 N–H and O–H groups in total. The summed E-state index contributed by atoms with van der Waals surface area (Å²) in [5, 5.41) is 3.17. The topological polar surface area (TPSA) is 49.4 Å². The van der Waals surface area contributed by atoms with Crippen LogP contribution in [0.1, 0.15) is 12.5 Å². The fourth-order valence-electron chi connectivity index (χ4n) is 1.67. The van der Waals surface area contributed by atoms with Gasteiger partial charge in [-0.25, -0.2) is 12.7 Å². The van der Waals surface area contributed by atoms with Gasteiger partial charge in [-0.15, -0.1) is 0 Å². The lowest BCUT2D eigenvalue weighted by Gasteiger charge is -2.19. The number of nitrogens with zero attached hydrogens (tertiary/aromatic N) is 1. The van der Waals surface area contributed by atoms with E-state index in [-0.39, 0.29) is 0 Å². The summed E-state index contributed by atoms with van der Waals surface area (Å²) in [4.78, 5) is 0.402. The van der Waals surface area contributed by atoms with Gasteiger partial charge < -0.3 is 5.32 Å². The molecule has 0 fully saturated rings. The maximum absolute atomic E-state index is 12.5. The molecule has 0 saturated carbocycles. The van der Waals surface area contributed by atoms with Gasteiger partial charge in [0, 0.05) is 25.9 Å². The van der Waals surface area contributed by atoms with Crippen molar-refractivity contribution in [1.29, 1.82) is 0 Å². The summed E-state index contributed by atoms with van der Waals surface area (Å²) < 4.78 is 26.4. The van der Waals surface area contributed by atoms with Gasteiger partial charge in [0.25, 0.3) is 0 Å². The Bertz CT molecular complexity index is 489. The Balaban J connectivity index is 3.00. The highest BCUT2D eigenvalue weighted by atomic mass is 32.2. The van der Waals surface area contributed by atoms with Crippen LogP contribution in [0, 0.1) is 0 Å². The molecule has 19 heavy (non-hydrogen) atoms. The summed E-state index contributed by atoms with van der Waals surface area (Å²) >= 11 is 1.64. The molecule has 0 radical (unpaired) electrons. The minimum atomic E-state index is -3.39. The van der Waals surface area contributed by atoms with Crippen molar-refractivity contribution in [3.05, 3.63) is 29.8 Å². The van der Waals surface area contributed by atoms with Crippen molar-refractivity contribution in [3.63, 3.8) is 0 Å². The first-order valence-electron chi connectivity index (χ1n) is 6.28. The van der Waals surface area contributed by atoms with E-state index in [0.717, 1.165) is 17.9 Å². The van der Waals surface area contributed by atoms with E-state index in [2.05, 4.69) is 5.32 Å². The molecule has 0 aliphatic heterocycles. The second-order valence-electron chi connectivity index (χ2n) is 4.21. The second-order valence-corrected chi connectivity index (χ2v) is 7.21. The van der Waals surface area contributed by atoms with Gasteiger partial charge in [0.1, 0.15) is 0 Å². The van der Waals surface area contributed by atoms with E-state index < -0.39 is 10.0 Å². The number of thioether (sulfide) groups is 1. The summed E-state index contributed by atoms with van der Waals surface area (Å²) in [5.74, 6) is 0.797. The molecule has 1 rings (SSSR count). The lowest BCUT2D eigenvalue weighted by Crippen LogP contribution is -2.30.